The van der Waals surface area contributed by atoms with Crippen LogP contribution in [0.25, 0.3) is 0 Å². The molecule has 34 heavy (non-hydrogen) atoms. The van der Waals surface area contributed by atoms with Crippen molar-refractivity contribution in [3.8, 4) is 0 Å². The van der Waals surface area contributed by atoms with Gasteiger partial charge < -0.3 is 9.16 Å². The summed E-state index contributed by atoms with van der Waals surface area (Å²) in [5.74, 6) is 0. The van der Waals surface area contributed by atoms with Crippen molar-refractivity contribution in [3.05, 3.63) is 0 Å². The van der Waals surface area contributed by atoms with Gasteiger partial charge in [-0.2, -0.15) is 0 Å². The molecule has 0 amide bonds. The van der Waals surface area contributed by atoms with Crippen LogP contribution < -0.4 is 0 Å². The van der Waals surface area contributed by atoms with Gasteiger partial charge in [-0.1, -0.05) is 156 Å². The van der Waals surface area contributed by atoms with E-state index in [-0.39, 0.29) is 0 Å². The fraction of sp³-hybridized carbons (Fsp3) is 1.00. The molecule has 0 N–H and O–H groups in total. The van der Waals surface area contributed by atoms with E-state index in [1.807, 2.05) is 0 Å². The summed E-state index contributed by atoms with van der Waals surface area (Å²) < 4.78 is 12.5. The SMILES string of the molecule is CCCCCCCCC[Si](CCCCCCCCC)(CCCCCCCCC)OCCOCC. The zero-order valence-corrected chi connectivity index (χ0v) is 25.4. The molecule has 0 aliphatic heterocycles. The van der Waals surface area contributed by atoms with Crippen molar-refractivity contribution in [3.63, 3.8) is 0 Å². The monoisotopic (exact) mass is 498 g/mol. The highest BCUT2D eigenvalue weighted by molar-refractivity contribution is 6.73. The first kappa shape index (κ1) is 34.1. The van der Waals surface area contributed by atoms with E-state index in [1.54, 1.807) is 0 Å². The Hall–Kier alpha value is 0.137. The van der Waals surface area contributed by atoms with Crippen LogP contribution in [-0.4, -0.2) is 28.1 Å². The normalized spacial score (nSPS) is 12.0. The van der Waals surface area contributed by atoms with Crippen LogP contribution in [0, 0.1) is 0 Å². The second kappa shape index (κ2) is 27.7. The smallest absolute Gasteiger partial charge is 0.192 e. The summed E-state index contributed by atoms with van der Waals surface area (Å²) in [6, 6.07) is 4.20. The maximum atomic E-state index is 6.88. The summed E-state index contributed by atoms with van der Waals surface area (Å²) in [5.41, 5.74) is 0. The predicted octanol–water partition coefficient (Wildman–Crippen LogP) is 11.2. The quantitative estimate of drug-likeness (QED) is 0.0753. The molecular weight excluding hydrogens is 432 g/mol. The molecule has 0 fully saturated rings. The van der Waals surface area contributed by atoms with E-state index in [9.17, 15) is 0 Å². The van der Waals surface area contributed by atoms with Crippen molar-refractivity contribution in [1.29, 1.82) is 0 Å². The molecule has 2 nitrogen and oxygen atoms in total. The topological polar surface area (TPSA) is 18.5 Å². The molecular formula is C31H66O2Si. The van der Waals surface area contributed by atoms with Crippen LogP contribution in [0.15, 0.2) is 0 Å². The molecule has 0 heterocycles. The van der Waals surface area contributed by atoms with Gasteiger partial charge >= 0.3 is 0 Å². The Kier molecular flexibility index (Phi) is 27.8. The van der Waals surface area contributed by atoms with Crippen molar-refractivity contribution in [2.75, 3.05) is 19.8 Å². The summed E-state index contributed by atoms with van der Waals surface area (Å²) in [7, 11) is -1.65. The third-order valence-corrected chi connectivity index (χ3v) is 12.2. The molecule has 0 radical (unpaired) electrons. The Morgan fingerprint density at radius 2 is 0.706 bits per heavy atom. The fourth-order valence-electron chi connectivity index (χ4n) is 5.27. The Balaban J connectivity index is 4.68. The van der Waals surface area contributed by atoms with Gasteiger partial charge in [0.15, 0.2) is 8.32 Å². The number of ether oxygens (including phenoxy) is 1. The Labute approximate surface area is 217 Å². The molecule has 0 aliphatic carbocycles. The molecule has 0 bridgehead atoms. The van der Waals surface area contributed by atoms with Crippen molar-refractivity contribution in [2.45, 2.75) is 181 Å². The molecule has 206 valence electrons. The van der Waals surface area contributed by atoms with Gasteiger partial charge in [-0.25, -0.2) is 0 Å². The summed E-state index contributed by atoms with van der Waals surface area (Å²) in [6.07, 6.45) is 29.6. The number of hydrogen-bond donors (Lipinski definition) is 0. The van der Waals surface area contributed by atoms with E-state index in [2.05, 4.69) is 27.7 Å². The van der Waals surface area contributed by atoms with E-state index >= 15 is 0 Å². The predicted molar refractivity (Wildman–Crippen MR) is 157 cm³/mol. The van der Waals surface area contributed by atoms with Crippen LogP contribution in [0.4, 0.5) is 0 Å². The average molecular weight is 499 g/mol. The van der Waals surface area contributed by atoms with Crippen LogP contribution in [0.1, 0.15) is 163 Å². The van der Waals surface area contributed by atoms with Crippen LogP contribution in [0.3, 0.4) is 0 Å². The van der Waals surface area contributed by atoms with Crippen LogP contribution in [0.5, 0.6) is 0 Å². The highest BCUT2D eigenvalue weighted by atomic mass is 28.4. The van der Waals surface area contributed by atoms with E-state index < -0.39 is 8.32 Å². The van der Waals surface area contributed by atoms with Gasteiger partial charge in [-0.05, 0) is 25.1 Å². The Morgan fingerprint density at radius 3 is 1.03 bits per heavy atom. The summed E-state index contributed by atoms with van der Waals surface area (Å²) in [4.78, 5) is 0. The van der Waals surface area contributed by atoms with Crippen molar-refractivity contribution in [2.24, 2.45) is 0 Å². The zero-order valence-electron chi connectivity index (χ0n) is 24.4. The lowest BCUT2D eigenvalue weighted by molar-refractivity contribution is 0.105. The Bertz CT molecular complexity index is 329. The zero-order chi connectivity index (χ0) is 25.0. The van der Waals surface area contributed by atoms with Gasteiger partial charge in [0, 0.05) is 6.61 Å². The third-order valence-electron chi connectivity index (χ3n) is 7.55. The summed E-state index contributed by atoms with van der Waals surface area (Å²) in [5, 5.41) is 0. The van der Waals surface area contributed by atoms with Gasteiger partial charge in [0.25, 0.3) is 0 Å². The van der Waals surface area contributed by atoms with E-state index in [1.165, 1.54) is 153 Å². The van der Waals surface area contributed by atoms with E-state index in [0.29, 0.717) is 0 Å². The standard InChI is InChI=1S/C31H66O2Si/c1-5-9-12-15-18-21-24-29-34(33-28-27-32-8-4,30-25-22-19-16-13-10-6-2)31-26-23-20-17-14-11-7-3/h5-31H2,1-4H3. The number of rotatable bonds is 29. The van der Waals surface area contributed by atoms with Gasteiger partial charge in [0.05, 0.1) is 13.2 Å². The lowest BCUT2D eigenvalue weighted by atomic mass is 10.1. The largest absolute Gasteiger partial charge is 0.414 e. The minimum atomic E-state index is -1.65. The Morgan fingerprint density at radius 1 is 0.382 bits per heavy atom. The lowest BCUT2D eigenvalue weighted by Gasteiger charge is -2.32. The molecule has 0 atom stereocenters. The van der Waals surface area contributed by atoms with Crippen LogP contribution in [0.2, 0.25) is 18.1 Å². The average Bonchev–Trinajstić information content (AvgIpc) is 2.85. The van der Waals surface area contributed by atoms with Crippen molar-refractivity contribution < 1.29 is 9.16 Å². The molecule has 0 unspecified atom stereocenters. The minimum Gasteiger partial charge on any atom is -0.414 e. The van der Waals surface area contributed by atoms with Gasteiger partial charge in [0.2, 0.25) is 0 Å². The van der Waals surface area contributed by atoms with Crippen molar-refractivity contribution in [1.82, 2.24) is 0 Å². The van der Waals surface area contributed by atoms with E-state index in [0.717, 1.165) is 19.8 Å². The molecule has 0 aliphatic rings. The molecule has 0 aromatic heterocycles. The van der Waals surface area contributed by atoms with Crippen molar-refractivity contribution >= 4 is 8.32 Å². The van der Waals surface area contributed by atoms with Crippen LogP contribution in [-0.2, 0) is 9.16 Å². The first-order valence-corrected chi connectivity index (χ1v) is 18.5. The second-order valence-electron chi connectivity index (χ2n) is 10.8. The minimum absolute atomic E-state index is 0.788. The second-order valence-corrected chi connectivity index (χ2v) is 15.0. The summed E-state index contributed by atoms with van der Waals surface area (Å²) >= 11 is 0. The fourth-order valence-corrected chi connectivity index (χ4v) is 9.65. The maximum Gasteiger partial charge on any atom is 0.192 e. The number of unbranched alkanes of at least 4 members (excludes halogenated alkanes) is 18. The highest BCUT2D eigenvalue weighted by Crippen LogP contribution is 2.31. The molecule has 0 spiro atoms. The first-order chi connectivity index (χ1) is 16.7. The first-order valence-electron chi connectivity index (χ1n) is 16.0. The van der Waals surface area contributed by atoms with Crippen LogP contribution >= 0.6 is 0 Å². The maximum absolute atomic E-state index is 6.88. The van der Waals surface area contributed by atoms with Gasteiger partial charge in [0.1, 0.15) is 0 Å². The summed E-state index contributed by atoms with van der Waals surface area (Å²) in [6.45, 7) is 11.5. The molecule has 0 aromatic rings. The van der Waals surface area contributed by atoms with E-state index in [4.69, 9.17) is 9.16 Å². The highest BCUT2D eigenvalue weighted by Gasteiger charge is 2.33. The molecule has 0 rings (SSSR count). The third kappa shape index (κ3) is 22.6. The van der Waals surface area contributed by atoms with Gasteiger partial charge in [-0.3, -0.25) is 0 Å². The van der Waals surface area contributed by atoms with Gasteiger partial charge in [-0.15, -0.1) is 0 Å². The molecule has 0 aromatic carbocycles. The molecule has 3 heteroatoms. The molecule has 0 saturated carbocycles. The lowest BCUT2D eigenvalue weighted by Crippen LogP contribution is -2.39. The molecule has 0 saturated heterocycles. The number of hydrogen-bond acceptors (Lipinski definition) is 2.